The first kappa shape index (κ1) is 13.3. The molecule has 2 nitrogen and oxygen atoms in total. The summed E-state index contributed by atoms with van der Waals surface area (Å²) in [6, 6.07) is 0. The zero-order chi connectivity index (χ0) is 12.2. The van der Waals surface area contributed by atoms with Gasteiger partial charge in [0, 0.05) is 19.4 Å². The van der Waals surface area contributed by atoms with Gasteiger partial charge in [0.25, 0.3) is 0 Å². The van der Waals surface area contributed by atoms with E-state index in [2.05, 4.69) is 33.4 Å². The quantitative estimate of drug-likeness (QED) is 0.663. The van der Waals surface area contributed by atoms with Crippen molar-refractivity contribution in [2.75, 3.05) is 7.11 Å². The van der Waals surface area contributed by atoms with E-state index in [0.29, 0.717) is 5.92 Å². The second-order valence-electron chi connectivity index (χ2n) is 4.70. The van der Waals surface area contributed by atoms with Gasteiger partial charge in [0.1, 0.15) is 11.7 Å². The molecule has 0 N–H and O–H groups in total. The summed E-state index contributed by atoms with van der Waals surface area (Å²) < 4.78 is 11.7. The topological polar surface area (TPSA) is 18.5 Å². The Hall–Kier alpha value is -0.760. The number of allylic oxidation sites excluding steroid dienone is 1. The molecule has 0 aliphatic carbocycles. The summed E-state index contributed by atoms with van der Waals surface area (Å²) in [5.74, 6) is 1.41. The Morgan fingerprint density at radius 1 is 1.62 bits per heavy atom. The number of hydrogen-bond acceptors (Lipinski definition) is 2. The van der Waals surface area contributed by atoms with Gasteiger partial charge in [-0.25, -0.2) is 0 Å². The van der Waals surface area contributed by atoms with Crippen LogP contribution in [0.4, 0.5) is 0 Å². The third-order valence-corrected chi connectivity index (χ3v) is 3.61. The number of hydrogen-bond donors (Lipinski definition) is 0. The molecule has 0 amide bonds. The lowest BCUT2D eigenvalue weighted by Crippen LogP contribution is -2.50. The SMILES string of the molecule is C=CCC1=CC(C)C(C)(OC)[C@@H](CCC)O1. The van der Waals surface area contributed by atoms with Gasteiger partial charge in [-0.05, 0) is 19.4 Å². The van der Waals surface area contributed by atoms with Crippen LogP contribution in [-0.2, 0) is 9.47 Å². The molecule has 0 saturated heterocycles. The lowest BCUT2D eigenvalue weighted by Gasteiger charge is -2.44. The average molecular weight is 224 g/mol. The van der Waals surface area contributed by atoms with Gasteiger partial charge in [-0.2, -0.15) is 0 Å². The monoisotopic (exact) mass is 224 g/mol. The van der Waals surface area contributed by atoms with E-state index in [1.165, 1.54) is 0 Å². The summed E-state index contributed by atoms with van der Waals surface area (Å²) in [5, 5.41) is 0. The Morgan fingerprint density at radius 2 is 2.31 bits per heavy atom. The third-order valence-electron chi connectivity index (χ3n) is 3.61. The van der Waals surface area contributed by atoms with Crippen LogP contribution >= 0.6 is 0 Å². The van der Waals surface area contributed by atoms with Crippen molar-refractivity contribution in [1.29, 1.82) is 0 Å². The standard InChI is InChI=1S/C14H24O2/c1-6-8-12-10-11(3)14(4,15-5)13(16-12)9-7-2/h6,10-11,13H,1,7-9H2,2-5H3/t11?,13-,14?/m1/s1. The number of rotatable bonds is 5. The normalized spacial score (nSPS) is 34.1. The molecule has 0 aromatic rings. The van der Waals surface area contributed by atoms with Crippen molar-refractivity contribution in [3.05, 3.63) is 24.5 Å². The van der Waals surface area contributed by atoms with Crippen LogP contribution in [0.1, 0.15) is 40.0 Å². The molecule has 1 heterocycles. The van der Waals surface area contributed by atoms with E-state index in [1.807, 2.05) is 6.08 Å². The summed E-state index contributed by atoms with van der Waals surface area (Å²) in [5.41, 5.74) is -0.208. The number of methoxy groups -OCH3 is 1. The molecule has 0 aromatic carbocycles. The summed E-state index contributed by atoms with van der Waals surface area (Å²) >= 11 is 0. The van der Waals surface area contributed by atoms with Crippen molar-refractivity contribution in [2.45, 2.75) is 51.7 Å². The van der Waals surface area contributed by atoms with E-state index in [4.69, 9.17) is 9.47 Å². The maximum absolute atomic E-state index is 6.01. The van der Waals surface area contributed by atoms with Crippen molar-refractivity contribution >= 4 is 0 Å². The molecular formula is C14H24O2. The van der Waals surface area contributed by atoms with E-state index in [1.54, 1.807) is 7.11 Å². The molecule has 2 unspecified atom stereocenters. The minimum Gasteiger partial charge on any atom is -0.492 e. The van der Waals surface area contributed by atoms with Crippen molar-refractivity contribution in [1.82, 2.24) is 0 Å². The third kappa shape index (κ3) is 2.49. The molecule has 1 aliphatic rings. The van der Waals surface area contributed by atoms with Gasteiger partial charge in [0.15, 0.2) is 0 Å². The van der Waals surface area contributed by atoms with Gasteiger partial charge in [-0.3, -0.25) is 0 Å². The van der Waals surface area contributed by atoms with Gasteiger partial charge in [0.05, 0.1) is 5.76 Å². The van der Waals surface area contributed by atoms with Gasteiger partial charge in [-0.15, -0.1) is 6.58 Å². The molecule has 0 bridgehead atoms. The van der Waals surface area contributed by atoms with E-state index >= 15 is 0 Å². The summed E-state index contributed by atoms with van der Waals surface area (Å²) in [4.78, 5) is 0. The molecule has 1 aliphatic heterocycles. The zero-order valence-corrected chi connectivity index (χ0v) is 11.0. The van der Waals surface area contributed by atoms with Gasteiger partial charge < -0.3 is 9.47 Å². The van der Waals surface area contributed by atoms with Crippen LogP contribution in [0, 0.1) is 5.92 Å². The zero-order valence-electron chi connectivity index (χ0n) is 11.0. The number of ether oxygens (including phenoxy) is 2. The lowest BCUT2D eigenvalue weighted by molar-refractivity contribution is -0.137. The van der Waals surface area contributed by atoms with Crippen LogP contribution in [-0.4, -0.2) is 18.8 Å². The Balaban J connectivity index is 2.89. The Kier molecular flexibility index (Phi) is 4.60. The first-order valence-electron chi connectivity index (χ1n) is 6.11. The summed E-state index contributed by atoms with van der Waals surface area (Å²) in [6.07, 6.45) is 7.15. The van der Waals surface area contributed by atoms with Gasteiger partial charge >= 0.3 is 0 Å². The van der Waals surface area contributed by atoms with Crippen molar-refractivity contribution in [3.63, 3.8) is 0 Å². The molecule has 2 heteroatoms. The Labute approximate surface area is 99.3 Å². The predicted octanol–water partition coefficient (Wildman–Crippen LogP) is 3.69. The second kappa shape index (κ2) is 5.53. The first-order valence-corrected chi connectivity index (χ1v) is 6.11. The molecule has 0 saturated carbocycles. The average Bonchev–Trinajstić information content (AvgIpc) is 2.26. The smallest absolute Gasteiger partial charge is 0.127 e. The van der Waals surface area contributed by atoms with Gasteiger partial charge in [-0.1, -0.05) is 26.3 Å². The highest BCUT2D eigenvalue weighted by atomic mass is 16.5. The fourth-order valence-electron chi connectivity index (χ4n) is 2.26. The molecule has 0 radical (unpaired) electrons. The Morgan fingerprint density at radius 3 is 2.81 bits per heavy atom. The van der Waals surface area contributed by atoms with Crippen LogP contribution in [0.15, 0.2) is 24.5 Å². The molecule has 16 heavy (non-hydrogen) atoms. The first-order chi connectivity index (χ1) is 7.58. The molecule has 1 rings (SSSR count). The maximum atomic E-state index is 6.01. The van der Waals surface area contributed by atoms with Crippen LogP contribution < -0.4 is 0 Å². The van der Waals surface area contributed by atoms with Crippen LogP contribution in [0.2, 0.25) is 0 Å². The minimum absolute atomic E-state index is 0.150. The lowest BCUT2D eigenvalue weighted by atomic mass is 9.81. The molecular weight excluding hydrogens is 200 g/mol. The molecule has 0 spiro atoms. The molecule has 0 fully saturated rings. The van der Waals surface area contributed by atoms with Crippen LogP contribution in [0.3, 0.4) is 0 Å². The predicted molar refractivity (Wildman–Crippen MR) is 67.3 cm³/mol. The highest BCUT2D eigenvalue weighted by Gasteiger charge is 2.43. The van der Waals surface area contributed by atoms with Gasteiger partial charge in [0.2, 0.25) is 0 Å². The van der Waals surface area contributed by atoms with Crippen molar-refractivity contribution in [2.24, 2.45) is 5.92 Å². The highest BCUT2D eigenvalue weighted by Crippen LogP contribution is 2.37. The van der Waals surface area contributed by atoms with E-state index in [0.717, 1.165) is 25.0 Å². The van der Waals surface area contributed by atoms with E-state index < -0.39 is 0 Å². The van der Waals surface area contributed by atoms with Crippen LogP contribution in [0.5, 0.6) is 0 Å². The van der Waals surface area contributed by atoms with Crippen molar-refractivity contribution in [3.8, 4) is 0 Å². The molecule has 3 atom stereocenters. The molecule has 0 aromatic heterocycles. The largest absolute Gasteiger partial charge is 0.492 e. The fourth-order valence-corrected chi connectivity index (χ4v) is 2.26. The fraction of sp³-hybridized carbons (Fsp3) is 0.714. The summed E-state index contributed by atoms with van der Waals surface area (Å²) in [7, 11) is 1.77. The molecule has 92 valence electrons. The minimum atomic E-state index is -0.208. The van der Waals surface area contributed by atoms with E-state index in [-0.39, 0.29) is 11.7 Å². The summed E-state index contributed by atoms with van der Waals surface area (Å²) in [6.45, 7) is 10.3. The highest BCUT2D eigenvalue weighted by molar-refractivity contribution is 5.12. The second-order valence-corrected chi connectivity index (χ2v) is 4.70. The van der Waals surface area contributed by atoms with Crippen molar-refractivity contribution < 1.29 is 9.47 Å². The maximum Gasteiger partial charge on any atom is 0.127 e. The Bertz CT molecular complexity index is 270. The van der Waals surface area contributed by atoms with E-state index in [9.17, 15) is 0 Å². The van der Waals surface area contributed by atoms with Crippen LogP contribution in [0.25, 0.3) is 0 Å².